The number of benzene rings is 1. The highest BCUT2D eigenvalue weighted by molar-refractivity contribution is 5.94. The van der Waals surface area contributed by atoms with Crippen molar-refractivity contribution in [3.8, 4) is 5.75 Å². The quantitative estimate of drug-likeness (QED) is 0.558. The summed E-state index contributed by atoms with van der Waals surface area (Å²) < 4.78 is 10.0. The Morgan fingerprint density at radius 2 is 1.83 bits per heavy atom. The third-order valence-electron chi connectivity index (χ3n) is 3.16. The molecule has 0 aliphatic rings. The summed E-state index contributed by atoms with van der Waals surface area (Å²) >= 11 is 0. The number of carbonyl (C=O) groups is 2. The molecule has 0 aliphatic carbocycles. The molecular weight excluding hydrogens is 320 g/mol. The van der Waals surface area contributed by atoms with Crippen LogP contribution in [-0.4, -0.2) is 31.6 Å². The maximum Gasteiger partial charge on any atom is 0.305 e. The van der Waals surface area contributed by atoms with Crippen molar-refractivity contribution < 1.29 is 19.1 Å². The number of nitrogens with one attached hydrogen (secondary N) is 1. The smallest absolute Gasteiger partial charge is 0.305 e. The zero-order valence-corrected chi connectivity index (χ0v) is 14.5. The van der Waals surface area contributed by atoms with Gasteiger partial charge in [0.05, 0.1) is 19.8 Å². The van der Waals surface area contributed by atoms with Gasteiger partial charge in [-0.25, -0.2) is 0 Å². The molecule has 1 amide bonds. The van der Waals surface area contributed by atoms with Crippen LogP contribution in [0.1, 0.15) is 26.7 Å². The number of ether oxygens (including phenoxy) is 2. The Balaban J connectivity index is 0.00000484. The summed E-state index contributed by atoms with van der Waals surface area (Å²) in [5.74, 6) is 0.304. The van der Waals surface area contributed by atoms with E-state index in [9.17, 15) is 9.59 Å². The lowest BCUT2D eigenvalue weighted by Gasteiger charge is -2.15. The van der Waals surface area contributed by atoms with Gasteiger partial charge in [-0.3, -0.25) is 9.59 Å². The third kappa shape index (κ3) is 7.85. The number of rotatable bonds is 8. The lowest BCUT2D eigenvalue weighted by atomic mass is 10.1. The van der Waals surface area contributed by atoms with Gasteiger partial charge in [0.1, 0.15) is 5.75 Å². The molecule has 0 heterocycles. The van der Waals surface area contributed by atoms with E-state index in [1.165, 1.54) is 7.11 Å². The molecule has 130 valence electrons. The minimum atomic E-state index is -0.533. The van der Waals surface area contributed by atoms with Crippen LogP contribution in [0.25, 0.3) is 0 Å². The van der Waals surface area contributed by atoms with Crippen LogP contribution < -0.4 is 15.8 Å². The Hall–Kier alpha value is -1.79. The van der Waals surface area contributed by atoms with Crippen LogP contribution in [0, 0.1) is 5.92 Å². The van der Waals surface area contributed by atoms with Gasteiger partial charge in [-0.05, 0) is 36.6 Å². The van der Waals surface area contributed by atoms with Crippen molar-refractivity contribution in [1.82, 2.24) is 0 Å². The van der Waals surface area contributed by atoms with Crippen molar-refractivity contribution in [3.05, 3.63) is 24.3 Å². The van der Waals surface area contributed by atoms with Crippen LogP contribution in [0.15, 0.2) is 24.3 Å². The minimum Gasteiger partial charge on any atom is -0.494 e. The van der Waals surface area contributed by atoms with E-state index in [2.05, 4.69) is 10.1 Å². The largest absolute Gasteiger partial charge is 0.494 e. The summed E-state index contributed by atoms with van der Waals surface area (Å²) in [4.78, 5) is 22.8. The second-order valence-electron chi connectivity index (χ2n) is 5.31. The Morgan fingerprint density at radius 1 is 1.22 bits per heavy atom. The topological polar surface area (TPSA) is 90.6 Å². The monoisotopic (exact) mass is 344 g/mol. The van der Waals surface area contributed by atoms with Crippen LogP contribution in [0.2, 0.25) is 0 Å². The number of amides is 1. The van der Waals surface area contributed by atoms with Gasteiger partial charge in [0.25, 0.3) is 0 Å². The normalized spacial score (nSPS) is 11.3. The van der Waals surface area contributed by atoms with E-state index in [0.717, 1.165) is 0 Å². The Bertz CT molecular complexity index is 491. The SMILES string of the molecule is COC(=O)CCCOc1ccc(NC(=O)[C@@H](N)C(C)C)cc1.Cl. The van der Waals surface area contributed by atoms with Gasteiger partial charge in [0.15, 0.2) is 0 Å². The number of hydrogen-bond acceptors (Lipinski definition) is 5. The number of anilines is 1. The standard InChI is InChI=1S/C16H24N2O4.ClH/c1-11(2)15(17)16(20)18-12-6-8-13(9-7-12)22-10-4-5-14(19)21-3;/h6-9,11,15H,4-5,10,17H2,1-3H3,(H,18,20);1H/t15-;/m0./s1. The van der Waals surface area contributed by atoms with E-state index in [1.807, 2.05) is 13.8 Å². The van der Waals surface area contributed by atoms with E-state index >= 15 is 0 Å². The second kappa shape index (κ2) is 10.9. The molecule has 0 aliphatic heterocycles. The molecule has 0 bridgehead atoms. The number of methoxy groups -OCH3 is 1. The van der Waals surface area contributed by atoms with E-state index in [0.29, 0.717) is 30.9 Å². The van der Waals surface area contributed by atoms with E-state index < -0.39 is 6.04 Å². The fourth-order valence-corrected chi connectivity index (χ4v) is 1.67. The average Bonchev–Trinajstić information content (AvgIpc) is 2.51. The van der Waals surface area contributed by atoms with Crippen LogP contribution in [0.4, 0.5) is 5.69 Å². The van der Waals surface area contributed by atoms with E-state index in [4.69, 9.17) is 10.5 Å². The molecule has 0 unspecified atom stereocenters. The van der Waals surface area contributed by atoms with Gasteiger partial charge in [-0.1, -0.05) is 13.8 Å². The summed E-state index contributed by atoms with van der Waals surface area (Å²) in [5.41, 5.74) is 6.45. The molecule has 0 spiro atoms. The lowest BCUT2D eigenvalue weighted by Crippen LogP contribution is -2.39. The van der Waals surface area contributed by atoms with Crippen molar-refractivity contribution in [2.45, 2.75) is 32.7 Å². The molecular formula is C16H25ClN2O4. The highest BCUT2D eigenvalue weighted by Crippen LogP contribution is 2.16. The number of halogens is 1. The van der Waals surface area contributed by atoms with Gasteiger partial charge < -0.3 is 20.5 Å². The lowest BCUT2D eigenvalue weighted by molar-refractivity contribution is -0.140. The Morgan fingerprint density at radius 3 is 2.35 bits per heavy atom. The fourth-order valence-electron chi connectivity index (χ4n) is 1.67. The van der Waals surface area contributed by atoms with Crippen LogP contribution >= 0.6 is 12.4 Å². The summed E-state index contributed by atoms with van der Waals surface area (Å²) in [5, 5.41) is 2.76. The molecule has 1 aromatic carbocycles. The van der Waals surface area contributed by atoms with Crippen molar-refractivity contribution in [2.75, 3.05) is 19.0 Å². The number of hydrogen-bond donors (Lipinski definition) is 2. The Kier molecular flexibility index (Phi) is 10.0. The zero-order chi connectivity index (χ0) is 16.5. The first-order chi connectivity index (χ1) is 10.4. The molecule has 1 rings (SSSR count). The first kappa shape index (κ1) is 21.2. The van der Waals surface area contributed by atoms with E-state index in [-0.39, 0.29) is 30.2 Å². The van der Waals surface area contributed by atoms with Crippen molar-refractivity contribution in [1.29, 1.82) is 0 Å². The predicted molar refractivity (Wildman–Crippen MR) is 91.9 cm³/mol. The van der Waals surface area contributed by atoms with Gasteiger partial charge in [0, 0.05) is 12.1 Å². The molecule has 7 heteroatoms. The summed E-state index contributed by atoms with van der Waals surface area (Å²) in [6.45, 7) is 4.23. The molecule has 1 aromatic rings. The molecule has 1 atom stereocenters. The molecule has 0 saturated heterocycles. The molecule has 0 saturated carbocycles. The average molecular weight is 345 g/mol. The van der Waals surface area contributed by atoms with E-state index in [1.54, 1.807) is 24.3 Å². The molecule has 0 fully saturated rings. The minimum absolute atomic E-state index is 0. The second-order valence-corrected chi connectivity index (χ2v) is 5.31. The van der Waals surface area contributed by atoms with Crippen LogP contribution in [-0.2, 0) is 14.3 Å². The summed E-state index contributed by atoms with van der Waals surface area (Å²) in [6.07, 6.45) is 0.923. The van der Waals surface area contributed by atoms with Crippen LogP contribution in [0.5, 0.6) is 5.75 Å². The third-order valence-corrected chi connectivity index (χ3v) is 3.16. The van der Waals surface area contributed by atoms with Crippen molar-refractivity contribution >= 4 is 30.0 Å². The summed E-state index contributed by atoms with van der Waals surface area (Å²) in [7, 11) is 1.36. The molecule has 0 aromatic heterocycles. The zero-order valence-electron chi connectivity index (χ0n) is 13.7. The number of esters is 1. The molecule has 23 heavy (non-hydrogen) atoms. The maximum absolute atomic E-state index is 11.8. The first-order valence-electron chi connectivity index (χ1n) is 7.30. The fraction of sp³-hybridized carbons (Fsp3) is 0.500. The molecule has 3 N–H and O–H groups in total. The highest BCUT2D eigenvalue weighted by Gasteiger charge is 2.16. The van der Waals surface area contributed by atoms with Gasteiger partial charge >= 0.3 is 5.97 Å². The first-order valence-corrected chi connectivity index (χ1v) is 7.30. The van der Waals surface area contributed by atoms with Gasteiger partial charge in [-0.2, -0.15) is 0 Å². The van der Waals surface area contributed by atoms with Gasteiger partial charge in [0.2, 0.25) is 5.91 Å². The maximum atomic E-state index is 11.8. The Labute approximate surface area is 143 Å². The molecule has 6 nitrogen and oxygen atoms in total. The number of carbonyl (C=O) groups excluding carboxylic acids is 2. The highest BCUT2D eigenvalue weighted by atomic mass is 35.5. The van der Waals surface area contributed by atoms with Crippen molar-refractivity contribution in [2.24, 2.45) is 11.7 Å². The predicted octanol–water partition coefficient (Wildman–Crippen LogP) is 2.36. The molecule has 0 radical (unpaired) electrons. The van der Waals surface area contributed by atoms with Crippen LogP contribution in [0.3, 0.4) is 0 Å². The van der Waals surface area contributed by atoms with Gasteiger partial charge in [-0.15, -0.1) is 12.4 Å². The van der Waals surface area contributed by atoms with Crippen molar-refractivity contribution in [3.63, 3.8) is 0 Å². The summed E-state index contributed by atoms with van der Waals surface area (Å²) in [6, 6.07) is 6.49. The number of nitrogens with two attached hydrogens (primary N) is 1.